The molecule has 66 valence electrons. The van der Waals surface area contributed by atoms with E-state index in [9.17, 15) is 0 Å². The molecule has 0 aliphatic carbocycles. The van der Waals surface area contributed by atoms with Gasteiger partial charge in [-0.2, -0.15) is 4.98 Å². The van der Waals surface area contributed by atoms with Gasteiger partial charge < -0.3 is 16.8 Å². The summed E-state index contributed by atoms with van der Waals surface area (Å²) in [7, 11) is 0. The molecule has 0 aliphatic rings. The van der Waals surface area contributed by atoms with Crippen molar-refractivity contribution in [1.29, 1.82) is 0 Å². The lowest BCUT2D eigenvalue weighted by atomic mass is 10.5. The predicted octanol–water partition coefficient (Wildman–Crippen LogP) is 0.0828. The van der Waals surface area contributed by atoms with Crippen molar-refractivity contribution in [2.24, 2.45) is 5.73 Å². The molecule has 0 spiro atoms. The van der Waals surface area contributed by atoms with Gasteiger partial charge in [0.25, 0.3) is 0 Å². The standard InChI is InChI=1S/C6H10ClN5/c7-4-3-5(10-2-1-8)12-6(9)11-4/h3H,1-2,8H2,(H3,9,10,11,12). The maximum Gasteiger partial charge on any atom is 0.223 e. The van der Waals surface area contributed by atoms with Crippen molar-refractivity contribution in [1.82, 2.24) is 9.97 Å². The summed E-state index contributed by atoms with van der Waals surface area (Å²) in [5.74, 6) is 0.750. The smallest absolute Gasteiger partial charge is 0.223 e. The third-order valence-electron chi connectivity index (χ3n) is 1.16. The minimum atomic E-state index is 0.155. The average molecular weight is 188 g/mol. The van der Waals surface area contributed by atoms with Crippen LogP contribution in [0.5, 0.6) is 0 Å². The van der Waals surface area contributed by atoms with E-state index in [2.05, 4.69) is 15.3 Å². The lowest BCUT2D eigenvalue weighted by Crippen LogP contribution is -2.14. The molecule has 0 unspecified atom stereocenters. The van der Waals surface area contributed by atoms with Crippen molar-refractivity contribution < 1.29 is 0 Å². The molecule has 0 aromatic carbocycles. The first-order valence-corrected chi connectivity index (χ1v) is 3.84. The largest absolute Gasteiger partial charge is 0.369 e. The van der Waals surface area contributed by atoms with Gasteiger partial charge in [-0.3, -0.25) is 0 Å². The van der Waals surface area contributed by atoms with Gasteiger partial charge in [0.1, 0.15) is 11.0 Å². The SMILES string of the molecule is NCCNc1cc(Cl)nc(N)n1. The molecule has 0 aliphatic heterocycles. The van der Waals surface area contributed by atoms with Crippen molar-refractivity contribution in [3.8, 4) is 0 Å². The lowest BCUT2D eigenvalue weighted by molar-refractivity contribution is 1.01. The molecule has 0 radical (unpaired) electrons. The molecule has 0 fully saturated rings. The number of hydrogen-bond acceptors (Lipinski definition) is 5. The Morgan fingerprint density at radius 2 is 2.25 bits per heavy atom. The molecule has 1 aromatic heterocycles. The number of nitrogens with zero attached hydrogens (tertiary/aromatic N) is 2. The van der Waals surface area contributed by atoms with Gasteiger partial charge in [0.05, 0.1) is 0 Å². The van der Waals surface area contributed by atoms with Gasteiger partial charge in [-0.1, -0.05) is 11.6 Å². The van der Waals surface area contributed by atoms with Gasteiger partial charge in [0.15, 0.2) is 0 Å². The quantitative estimate of drug-likeness (QED) is 0.584. The van der Waals surface area contributed by atoms with E-state index >= 15 is 0 Å². The second-order valence-electron chi connectivity index (χ2n) is 2.15. The van der Waals surface area contributed by atoms with Gasteiger partial charge in [-0.05, 0) is 0 Å². The van der Waals surface area contributed by atoms with Crippen LogP contribution in [0, 0.1) is 0 Å². The van der Waals surface area contributed by atoms with Gasteiger partial charge in [-0.15, -0.1) is 0 Å². The Bertz CT molecular complexity index is 244. The summed E-state index contributed by atoms with van der Waals surface area (Å²) in [5.41, 5.74) is 10.6. The highest BCUT2D eigenvalue weighted by Gasteiger charge is 1.98. The molecule has 1 heterocycles. The summed E-state index contributed by atoms with van der Waals surface area (Å²) in [4.78, 5) is 7.59. The highest BCUT2D eigenvalue weighted by atomic mass is 35.5. The van der Waals surface area contributed by atoms with Gasteiger partial charge >= 0.3 is 0 Å². The third kappa shape index (κ3) is 2.52. The van der Waals surface area contributed by atoms with E-state index in [0.29, 0.717) is 24.1 Å². The summed E-state index contributed by atoms with van der Waals surface area (Å²) < 4.78 is 0. The Hall–Kier alpha value is -1.07. The van der Waals surface area contributed by atoms with Crippen LogP contribution in [0.25, 0.3) is 0 Å². The van der Waals surface area contributed by atoms with Crippen molar-refractivity contribution in [3.63, 3.8) is 0 Å². The van der Waals surface area contributed by atoms with E-state index < -0.39 is 0 Å². The molecule has 5 N–H and O–H groups in total. The summed E-state index contributed by atoms with van der Waals surface area (Å²) >= 11 is 5.63. The topological polar surface area (TPSA) is 89.8 Å². The Morgan fingerprint density at radius 1 is 1.50 bits per heavy atom. The maximum absolute atomic E-state index is 5.63. The molecule has 0 atom stereocenters. The number of nitrogens with one attached hydrogen (secondary N) is 1. The predicted molar refractivity (Wildman–Crippen MR) is 49.0 cm³/mol. The summed E-state index contributed by atoms with van der Waals surface area (Å²) in [6, 6.07) is 1.59. The van der Waals surface area contributed by atoms with Crippen molar-refractivity contribution in [3.05, 3.63) is 11.2 Å². The Balaban J connectivity index is 2.72. The van der Waals surface area contributed by atoms with Crippen molar-refractivity contribution in [2.45, 2.75) is 0 Å². The molecule has 1 aromatic rings. The van der Waals surface area contributed by atoms with Crippen LogP contribution in [0.3, 0.4) is 0 Å². The van der Waals surface area contributed by atoms with Gasteiger partial charge in [0, 0.05) is 19.2 Å². The van der Waals surface area contributed by atoms with Crippen LogP contribution in [0.2, 0.25) is 5.15 Å². The summed E-state index contributed by atoms with van der Waals surface area (Å²) in [5, 5.41) is 3.26. The molecule has 0 saturated carbocycles. The number of nitrogen functional groups attached to an aromatic ring is 1. The minimum absolute atomic E-state index is 0.155. The fourth-order valence-corrected chi connectivity index (χ4v) is 0.916. The normalized spacial score (nSPS) is 9.83. The highest BCUT2D eigenvalue weighted by Crippen LogP contribution is 2.11. The van der Waals surface area contributed by atoms with E-state index in [-0.39, 0.29) is 5.95 Å². The number of aromatic nitrogens is 2. The fourth-order valence-electron chi connectivity index (χ4n) is 0.726. The Kier molecular flexibility index (Phi) is 3.07. The summed E-state index contributed by atoms with van der Waals surface area (Å²) in [6.45, 7) is 1.16. The van der Waals surface area contributed by atoms with Crippen LogP contribution in [0.1, 0.15) is 0 Å². The van der Waals surface area contributed by atoms with Crippen LogP contribution >= 0.6 is 11.6 Å². The van der Waals surface area contributed by atoms with E-state index in [1.54, 1.807) is 6.07 Å². The zero-order chi connectivity index (χ0) is 8.97. The van der Waals surface area contributed by atoms with E-state index in [0.717, 1.165) is 0 Å². The first kappa shape index (κ1) is 9.02. The third-order valence-corrected chi connectivity index (χ3v) is 1.36. The number of anilines is 2. The minimum Gasteiger partial charge on any atom is -0.369 e. The van der Waals surface area contributed by atoms with Gasteiger partial charge in [0.2, 0.25) is 5.95 Å². The van der Waals surface area contributed by atoms with Crippen LogP contribution in [0.4, 0.5) is 11.8 Å². The molecule has 0 bridgehead atoms. The van der Waals surface area contributed by atoms with Crippen molar-refractivity contribution in [2.75, 3.05) is 24.1 Å². The maximum atomic E-state index is 5.63. The summed E-state index contributed by atoms with van der Waals surface area (Å²) in [6.07, 6.45) is 0. The molecular formula is C6H10ClN5. The average Bonchev–Trinajstić information content (AvgIpc) is 1.99. The number of nitrogens with two attached hydrogens (primary N) is 2. The molecule has 0 amide bonds. The van der Waals surface area contributed by atoms with Crippen LogP contribution in [-0.4, -0.2) is 23.1 Å². The molecule has 12 heavy (non-hydrogen) atoms. The Labute approximate surface area is 75.1 Å². The molecule has 5 nitrogen and oxygen atoms in total. The molecule has 0 saturated heterocycles. The second-order valence-corrected chi connectivity index (χ2v) is 2.54. The van der Waals surface area contributed by atoms with E-state index in [4.69, 9.17) is 23.1 Å². The van der Waals surface area contributed by atoms with E-state index in [1.807, 2.05) is 0 Å². The lowest BCUT2D eigenvalue weighted by Gasteiger charge is -2.03. The van der Waals surface area contributed by atoms with Crippen LogP contribution < -0.4 is 16.8 Å². The van der Waals surface area contributed by atoms with Crippen LogP contribution in [0.15, 0.2) is 6.07 Å². The monoisotopic (exact) mass is 187 g/mol. The van der Waals surface area contributed by atoms with Crippen molar-refractivity contribution >= 4 is 23.4 Å². The molecular weight excluding hydrogens is 178 g/mol. The second kappa shape index (κ2) is 4.08. The fraction of sp³-hybridized carbons (Fsp3) is 0.333. The number of rotatable bonds is 3. The Morgan fingerprint density at radius 3 is 2.83 bits per heavy atom. The molecule has 1 rings (SSSR count). The van der Waals surface area contributed by atoms with Gasteiger partial charge in [-0.25, -0.2) is 4.98 Å². The van der Waals surface area contributed by atoms with Crippen LogP contribution in [-0.2, 0) is 0 Å². The number of halogens is 1. The first-order chi connectivity index (χ1) is 5.72. The first-order valence-electron chi connectivity index (χ1n) is 3.46. The molecule has 6 heteroatoms. The highest BCUT2D eigenvalue weighted by molar-refractivity contribution is 6.29. The zero-order valence-corrected chi connectivity index (χ0v) is 7.17. The zero-order valence-electron chi connectivity index (χ0n) is 6.42. The van der Waals surface area contributed by atoms with E-state index in [1.165, 1.54) is 0 Å². The number of hydrogen-bond donors (Lipinski definition) is 3.